The minimum atomic E-state index is -0.0901. The third kappa shape index (κ3) is 1.87. The fraction of sp³-hybridized carbons (Fsp3) is 0. The molecule has 0 amide bonds. The highest BCUT2D eigenvalue weighted by atomic mass is 32.1. The fourth-order valence-electron chi connectivity index (χ4n) is 1.32. The lowest BCUT2D eigenvalue weighted by molar-refractivity contribution is 0.103. The molecule has 0 saturated heterocycles. The lowest BCUT2D eigenvalue weighted by Crippen LogP contribution is -2.00. The van der Waals surface area contributed by atoms with Crippen molar-refractivity contribution in [2.75, 3.05) is 0 Å². The van der Waals surface area contributed by atoms with Gasteiger partial charge in [-0.05, 0) is 11.4 Å². The molecule has 0 N–H and O–H groups in total. The van der Waals surface area contributed by atoms with E-state index in [1.54, 1.807) is 35.7 Å². The molecule has 0 aliphatic rings. The van der Waals surface area contributed by atoms with Crippen LogP contribution in [0.3, 0.4) is 0 Å². The minimum absolute atomic E-state index is 0.0901. The van der Waals surface area contributed by atoms with E-state index in [1.807, 2.05) is 6.07 Å². The molecule has 1 aromatic carbocycles. The Bertz CT molecular complexity index is 485. The van der Waals surface area contributed by atoms with Gasteiger partial charge in [-0.15, -0.1) is 11.3 Å². The number of benzene rings is 1. The van der Waals surface area contributed by atoms with E-state index in [2.05, 4.69) is 0 Å². The summed E-state index contributed by atoms with van der Waals surface area (Å²) in [5, 5.41) is 1.75. The van der Waals surface area contributed by atoms with Crippen LogP contribution in [0.5, 0.6) is 0 Å². The van der Waals surface area contributed by atoms with E-state index in [0.29, 0.717) is 22.3 Å². The third-order valence-electron chi connectivity index (χ3n) is 2.06. The van der Waals surface area contributed by atoms with Gasteiger partial charge in [0.2, 0.25) is 5.78 Å². The average molecular weight is 216 g/mol. The zero-order valence-corrected chi connectivity index (χ0v) is 8.66. The quantitative estimate of drug-likeness (QED) is 0.584. The van der Waals surface area contributed by atoms with Crippen LogP contribution < -0.4 is 0 Å². The summed E-state index contributed by atoms with van der Waals surface area (Å²) in [6.07, 6.45) is 0.715. The Balaban J connectivity index is 2.41. The van der Waals surface area contributed by atoms with E-state index in [-0.39, 0.29) is 5.78 Å². The number of ketones is 1. The molecule has 0 aliphatic carbocycles. The highest BCUT2D eigenvalue weighted by Gasteiger charge is 2.13. The van der Waals surface area contributed by atoms with Gasteiger partial charge in [0.25, 0.3) is 0 Å². The topological polar surface area (TPSA) is 34.1 Å². The Kier molecular flexibility index (Phi) is 2.74. The number of thiophene rings is 1. The summed E-state index contributed by atoms with van der Waals surface area (Å²) < 4.78 is 0. The fourth-order valence-corrected chi connectivity index (χ4v) is 2.14. The highest BCUT2D eigenvalue weighted by molar-refractivity contribution is 7.12. The Morgan fingerprint density at radius 3 is 2.53 bits per heavy atom. The summed E-state index contributed by atoms with van der Waals surface area (Å²) >= 11 is 1.30. The Morgan fingerprint density at radius 2 is 1.87 bits per heavy atom. The number of rotatable bonds is 3. The maximum atomic E-state index is 11.9. The number of carbonyl (C=O) groups is 2. The first kappa shape index (κ1) is 9.80. The smallest absolute Gasteiger partial charge is 0.203 e. The molecule has 3 heteroatoms. The lowest BCUT2D eigenvalue weighted by Gasteiger charge is -1.97. The molecule has 0 spiro atoms. The van der Waals surface area contributed by atoms with Crippen LogP contribution in [0.15, 0.2) is 41.8 Å². The maximum absolute atomic E-state index is 11.9. The van der Waals surface area contributed by atoms with Gasteiger partial charge in [-0.25, -0.2) is 0 Å². The van der Waals surface area contributed by atoms with E-state index in [4.69, 9.17) is 0 Å². The van der Waals surface area contributed by atoms with Gasteiger partial charge >= 0.3 is 0 Å². The Labute approximate surface area is 91.2 Å². The molecule has 0 radical (unpaired) electrons. The largest absolute Gasteiger partial charge is 0.298 e. The predicted molar refractivity (Wildman–Crippen MR) is 59.6 cm³/mol. The summed E-state index contributed by atoms with van der Waals surface area (Å²) in [5.74, 6) is -0.0901. The van der Waals surface area contributed by atoms with Gasteiger partial charge in [0.15, 0.2) is 6.29 Å². The number of hydrogen-bond donors (Lipinski definition) is 0. The van der Waals surface area contributed by atoms with Gasteiger partial charge in [0, 0.05) is 11.1 Å². The SMILES string of the molecule is O=Cc1ccsc1C(=O)c1ccccc1. The van der Waals surface area contributed by atoms with E-state index >= 15 is 0 Å². The van der Waals surface area contributed by atoms with Crippen molar-refractivity contribution in [1.82, 2.24) is 0 Å². The molecule has 2 nitrogen and oxygen atoms in total. The summed E-state index contributed by atoms with van der Waals surface area (Å²) in [4.78, 5) is 23.1. The molecule has 0 unspecified atom stereocenters. The van der Waals surface area contributed by atoms with Crippen LogP contribution in [0.25, 0.3) is 0 Å². The van der Waals surface area contributed by atoms with Crippen molar-refractivity contribution in [1.29, 1.82) is 0 Å². The second kappa shape index (κ2) is 4.19. The van der Waals surface area contributed by atoms with Crippen LogP contribution >= 0.6 is 11.3 Å². The van der Waals surface area contributed by atoms with Gasteiger partial charge in [-0.1, -0.05) is 30.3 Å². The maximum Gasteiger partial charge on any atom is 0.203 e. The van der Waals surface area contributed by atoms with Crippen molar-refractivity contribution in [3.8, 4) is 0 Å². The molecule has 0 fully saturated rings. The summed E-state index contributed by atoms with van der Waals surface area (Å²) in [6, 6.07) is 10.6. The van der Waals surface area contributed by atoms with Crippen LogP contribution in [0.2, 0.25) is 0 Å². The van der Waals surface area contributed by atoms with Crippen LogP contribution in [-0.2, 0) is 0 Å². The van der Waals surface area contributed by atoms with Crippen molar-refractivity contribution in [2.45, 2.75) is 0 Å². The van der Waals surface area contributed by atoms with Crippen molar-refractivity contribution >= 4 is 23.4 Å². The second-order valence-electron chi connectivity index (χ2n) is 3.02. The Morgan fingerprint density at radius 1 is 1.13 bits per heavy atom. The van der Waals surface area contributed by atoms with Crippen molar-refractivity contribution in [3.05, 3.63) is 57.8 Å². The molecule has 0 bridgehead atoms. The van der Waals surface area contributed by atoms with Crippen LogP contribution in [0.4, 0.5) is 0 Å². The highest BCUT2D eigenvalue weighted by Crippen LogP contribution is 2.19. The average Bonchev–Trinajstić information content (AvgIpc) is 2.77. The van der Waals surface area contributed by atoms with E-state index < -0.39 is 0 Å². The van der Waals surface area contributed by atoms with E-state index in [1.165, 1.54) is 11.3 Å². The summed E-state index contributed by atoms with van der Waals surface area (Å²) in [6.45, 7) is 0. The second-order valence-corrected chi connectivity index (χ2v) is 3.93. The number of aldehydes is 1. The van der Waals surface area contributed by atoms with Crippen molar-refractivity contribution in [3.63, 3.8) is 0 Å². The first-order chi connectivity index (χ1) is 7.33. The molecule has 1 heterocycles. The predicted octanol–water partition coefficient (Wildman–Crippen LogP) is 2.79. The standard InChI is InChI=1S/C12H8O2S/c13-8-10-6-7-15-12(10)11(14)9-4-2-1-3-5-9/h1-8H. The van der Waals surface area contributed by atoms with Gasteiger partial charge in [0.05, 0.1) is 4.88 Å². The van der Waals surface area contributed by atoms with Crippen molar-refractivity contribution < 1.29 is 9.59 Å². The first-order valence-electron chi connectivity index (χ1n) is 4.45. The molecule has 15 heavy (non-hydrogen) atoms. The minimum Gasteiger partial charge on any atom is -0.298 e. The van der Waals surface area contributed by atoms with Gasteiger partial charge in [-0.3, -0.25) is 9.59 Å². The molecule has 2 aromatic rings. The summed E-state index contributed by atoms with van der Waals surface area (Å²) in [5.41, 5.74) is 1.08. The number of hydrogen-bond acceptors (Lipinski definition) is 3. The lowest BCUT2D eigenvalue weighted by atomic mass is 10.1. The normalized spacial score (nSPS) is 9.87. The molecule has 1 aromatic heterocycles. The number of carbonyl (C=O) groups excluding carboxylic acids is 2. The zero-order chi connectivity index (χ0) is 10.7. The first-order valence-corrected chi connectivity index (χ1v) is 5.33. The van der Waals surface area contributed by atoms with E-state index in [9.17, 15) is 9.59 Å². The van der Waals surface area contributed by atoms with E-state index in [0.717, 1.165) is 0 Å². The molecule has 0 atom stereocenters. The Hall–Kier alpha value is -1.74. The molecular weight excluding hydrogens is 208 g/mol. The molecule has 2 rings (SSSR count). The van der Waals surface area contributed by atoms with Crippen molar-refractivity contribution in [2.24, 2.45) is 0 Å². The zero-order valence-electron chi connectivity index (χ0n) is 7.84. The van der Waals surface area contributed by atoms with Crippen LogP contribution in [0, 0.1) is 0 Å². The summed E-state index contributed by atoms with van der Waals surface area (Å²) in [7, 11) is 0. The molecular formula is C12H8O2S. The van der Waals surface area contributed by atoms with Crippen LogP contribution in [-0.4, -0.2) is 12.1 Å². The molecule has 0 saturated carbocycles. The van der Waals surface area contributed by atoms with Gasteiger partial charge < -0.3 is 0 Å². The van der Waals surface area contributed by atoms with Gasteiger partial charge in [-0.2, -0.15) is 0 Å². The van der Waals surface area contributed by atoms with Crippen LogP contribution in [0.1, 0.15) is 25.6 Å². The third-order valence-corrected chi connectivity index (χ3v) is 2.99. The molecule has 74 valence electrons. The molecule has 0 aliphatic heterocycles. The monoisotopic (exact) mass is 216 g/mol. The van der Waals surface area contributed by atoms with Gasteiger partial charge in [0.1, 0.15) is 0 Å².